The van der Waals surface area contributed by atoms with Crippen molar-refractivity contribution in [3.8, 4) is 0 Å². The molecule has 1 unspecified atom stereocenters. The van der Waals surface area contributed by atoms with Crippen molar-refractivity contribution in [2.45, 2.75) is 26.3 Å². The van der Waals surface area contributed by atoms with Crippen molar-refractivity contribution in [3.63, 3.8) is 0 Å². The van der Waals surface area contributed by atoms with Crippen LogP contribution >= 0.6 is 0 Å². The highest BCUT2D eigenvalue weighted by Gasteiger charge is 2.14. The SMILES string of the molecule is CC(C)CC(CO)NC(=O)CN(C)c1ccccc1. The summed E-state index contributed by atoms with van der Waals surface area (Å²) in [5, 5.41) is 12.1. The van der Waals surface area contributed by atoms with Crippen LogP contribution in [0.5, 0.6) is 0 Å². The van der Waals surface area contributed by atoms with Gasteiger partial charge in [-0.2, -0.15) is 0 Å². The third-order valence-electron chi connectivity index (χ3n) is 2.92. The fourth-order valence-electron chi connectivity index (χ4n) is 2.01. The number of anilines is 1. The Bertz CT molecular complexity index is 379. The molecule has 2 N–H and O–H groups in total. The van der Waals surface area contributed by atoms with E-state index in [1.165, 1.54) is 0 Å². The second-order valence-electron chi connectivity index (χ2n) is 5.27. The van der Waals surface area contributed by atoms with Crippen LogP contribution in [0.4, 0.5) is 5.69 Å². The lowest BCUT2D eigenvalue weighted by molar-refractivity contribution is -0.120. The Labute approximate surface area is 115 Å². The van der Waals surface area contributed by atoms with Gasteiger partial charge >= 0.3 is 0 Å². The molecule has 19 heavy (non-hydrogen) atoms. The van der Waals surface area contributed by atoms with E-state index < -0.39 is 0 Å². The fourth-order valence-corrected chi connectivity index (χ4v) is 2.01. The molecule has 106 valence electrons. The molecule has 0 saturated heterocycles. The standard InChI is InChI=1S/C15H24N2O2/c1-12(2)9-13(11-18)16-15(19)10-17(3)14-7-5-4-6-8-14/h4-8,12-13,18H,9-11H2,1-3H3,(H,16,19). The Morgan fingerprint density at radius 3 is 2.47 bits per heavy atom. The first kappa shape index (κ1) is 15.5. The van der Waals surface area contributed by atoms with Crippen LogP contribution < -0.4 is 10.2 Å². The summed E-state index contributed by atoms with van der Waals surface area (Å²) in [7, 11) is 1.88. The number of hydrogen-bond donors (Lipinski definition) is 2. The van der Waals surface area contributed by atoms with E-state index in [1.807, 2.05) is 42.3 Å². The summed E-state index contributed by atoms with van der Waals surface area (Å²) in [5.74, 6) is 0.385. The molecule has 0 radical (unpaired) electrons. The van der Waals surface area contributed by atoms with Crippen LogP contribution in [0.3, 0.4) is 0 Å². The summed E-state index contributed by atoms with van der Waals surface area (Å²) >= 11 is 0. The minimum Gasteiger partial charge on any atom is -0.394 e. The lowest BCUT2D eigenvalue weighted by atomic mass is 10.0. The summed E-state index contributed by atoms with van der Waals surface area (Å²) in [6.07, 6.45) is 0.789. The first-order valence-corrected chi connectivity index (χ1v) is 6.69. The van der Waals surface area contributed by atoms with Gasteiger partial charge in [-0.1, -0.05) is 32.0 Å². The number of hydrogen-bond acceptors (Lipinski definition) is 3. The van der Waals surface area contributed by atoms with Crippen LogP contribution in [0.1, 0.15) is 20.3 Å². The second kappa shape index (κ2) is 7.79. The second-order valence-corrected chi connectivity index (χ2v) is 5.27. The lowest BCUT2D eigenvalue weighted by Crippen LogP contribution is -2.43. The van der Waals surface area contributed by atoms with Gasteiger partial charge in [-0.25, -0.2) is 0 Å². The maximum atomic E-state index is 11.9. The van der Waals surface area contributed by atoms with Crippen molar-refractivity contribution < 1.29 is 9.90 Å². The molecule has 4 nitrogen and oxygen atoms in total. The largest absolute Gasteiger partial charge is 0.394 e. The van der Waals surface area contributed by atoms with Crippen molar-refractivity contribution in [2.75, 3.05) is 25.1 Å². The number of carbonyl (C=O) groups excluding carboxylic acids is 1. The molecule has 0 aliphatic heterocycles. The molecule has 1 aromatic carbocycles. The summed E-state index contributed by atoms with van der Waals surface area (Å²) in [5.41, 5.74) is 1.00. The molecule has 1 rings (SSSR count). The topological polar surface area (TPSA) is 52.6 Å². The highest BCUT2D eigenvalue weighted by molar-refractivity contribution is 5.81. The van der Waals surface area contributed by atoms with E-state index >= 15 is 0 Å². The van der Waals surface area contributed by atoms with Gasteiger partial charge in [0.05, 0.1) is 19.2 Å². The molecule has 0 fully saturated rings. The monoisotopic (exact) mass is 264 g/mol. The quantitative estimate of drug-likeness (QED) is 0.787. The van der Waals surface area contributed by atoms with Gasteiger partial charge in [0.15, 0.2) is 0 Å². The van der Waals surface area contributed by atoms with E-state index in [-0.39, 0.29) is 18.6 Å². The van der Waals surface area contributed by atoms with Crippen LogP contribution in [0, 0.1) is 5.92 Å². The summed E-state index contributed by atoms with van der Waals surface area (Å²) in [6, 6.07) is 9.60. The van der Waals surface area contributed by atoms with Gasteiger partial charge in [-0.15, -0.1) is 0 Å². The predicted octanol–water partition coefficient (Wildman–Crippen LogP) is 1.65. The third kappa shape index (κ3) is 5.75. The first-order chi connectivity index (χ1) is 9.02. The molecule has 0 aliphatic carbocycles. The van der Waals surface area contributed by atoms with Crippen molar-refractivity contribution in [3.05, 3.63) is 30.3 Å². The van der Waals surface area contributed by atoms with E-state index in [0.29, 0.717) is 12.5 Å². The Morgan fingerprint density at radius 2 is 1.95 bits per heavy atom. The van der Waals surface area contributed by atoms with Crippen LogP contribution in [0.15, 0.2) is 30.3 Å². The number of aliphatic hydroxyl groups excluding tert-OH is 1. The van der Waals surface area contributed by atoms with Gasteiger partial charge in [0.1, 0.15) is 0 Å². The van der Waals surface area contributed by atoms with E-state index in [0.717, 1.165) is 12.1 Å². The zero-order valence-electron chi connectivity index (χ0n) is 12.0. The number of nitrogens with one attached hydrogen (secondary N) is 1. The Morgan fingerprint density at radius 1 is 1.32 bits per heavy atom. The summed E-state index contributed by atoms with van der Waals surface area (Å²) in [4.78, 5) is 13.8. The minimum atomic E-state index is -0.156. The zero-order chi connectivity index (χ0) is 14.3. The molecule has 4 heteroatoms. The van der Waals surface area contributed by atoms with Gasteiger partial charge in [-0.05, 0) is 24.5 Å². The van der Waals surface area contributed by atoms with E-state index in [1.54, 1.807) is 0 Å². The highest BCUT2D eigenvalue weighted by Crippen LogP contribution is 2.10. The summed E-state index contributed by atoms with van der Waals surface area (Å²) in [6.45, 7) is 4.42. The number of carbonyl (C=O) groups is 1. The van der Waals surface area contributed by atoms with E-state index in [9.17, 15) is 9.90 Å². The van der Waals surface area contributed by atoms with Crippen LogP contribution in [-0.2, 0) is 4.79 Å². The highest BCUT2D eigenvalue weighted by atomic mass is 16.3. The molecule has 1 aromatic rings. The normalized spacial score (nSPS) is 12.3. The summed E-state index contributed by atoms with van der Waals surface area (Å²) < 4.78 is 0. The number of nitrogens with zero attached hydrogens (tertiary/aromatic N) is 1. The fraction of sp³-hybridized carbons (Fsp3) is 0.533. The number of rotatable bonds is 7. The van der Waals surface area contributed by atoms with Crippen LogP contribution in [0.25, 0.3) is 0 Å². The number of para-hydroxylation sites is 1. The van der Waals surface area contributed by atoms with Crippen molar-refractivity contribution in [1.82, 2.24) is 5.32 Å². The van der Waals surface area contributed by atoms with Crippen LogP contribution in [0.2, 0.25) is 0 Å². The number of likely N-dealkylation sites (N-methyl/N-ethyl adjacent to an activating group) is 1. The van der Waals surface area contributed by atoms with Gasteiger partial charge in [0.25, 0.3) is 0 Å². The Hall–Kier alpha value is -1.55. The van der Waals surface area contributed by atoms with Crippen LogP contribution in [-0.4, -0.2) is 37.3 Å². The van der Waals surface area contributed by atoms with Crippen molar-refractivity contribution >= 4 is 11.6 Å². The molecule has 0 bridgehead atoms. The Balaban J connectivity index is 2.46. The van der Waals surface area contributed by atoms with Gasteiger partial charge < -0.3 is 15.3 Å². The number of aliphatic hydroxyl groups is 1. The number of amides is 1. The van der Waals surface area contributed by atoms with E-state index in [4.69, 9.17) is 0 Å². The zero-order valence-corrected chi connectivity index (χ0v) is 12.0. The third-order valence-corrected chi connectivity index (χ3v) is 2.92. The number of benzene rings is 1. The molecule has 0 aromatic heterocycles. The molecule has 1 atom stereocenters. The molecule has 0 heterocycles. The minimum absolute atomic E-state index is 0.0149. The maximum absolute atomic E-state index is 11.9. The Kier molecular flexibility index (Phi) is 6.36. The van der Waals surface area contributed by atoms with Crippen molar-refractivity contribution in [2.24, 2.45) is 5.92 Å². The van der Waals surface area contributed by atoms with Gasteiger partial charge in [0, 0.05) is 12.7 Å². The van der Waals surface area contributed by atoms with Gasteiger partial charge in [-0.3, -0.25) is 4.79 Å². The first-order valence-electron chi connectivity index (χ1n) is 6.69. The lowest BCUT2D eigenvalue weighted by Gasteiger charge is -2.22. The van der Waals surface area contributed by atoms with E-state index in [2.05, 4.69) is 19.2 Å². The maximum Gasteiger partial charge on any atom is 0.239 e. The molecular weight excluding hydrogens is 240 g/mol. The smallest absolute Gasteiger partial charge is 0.239 e. The van der Waals surface area contributed by atoms with Gasteiger partial charge in [0.2, 0.25) is 5.91 Å². The average molecular weight is 264 g/mol. The molecule has 0 aliphatic rings. The molecular formula is C15H24N2O2. The molecule has 0 spiro atoms. The molecule has 0 saturated carbocycles. The average Bonchev–Trinajstić information content (AvgIpc) is 2.38. The van der Waals surface area contributed by atoms with Crippen molar-refractivity contribution in [1.29, 1.82) is 0 Å². The molecule has 1 amide bonds. The predicted molar refractivity (Wildman–Crippen MR) is 78.2 cm³/mol.